The van der Waals surface area contributed by atoms with Crippen LogP contribution in [0.3, 0.4) is 0 Å². The van der Waals surface area contributed by atoms with E-state index >= 15 is 0 Å². The number of halogens is 1. The number of alkyl halides is 1. The van der Waals surface area contributed by atoms with Crippen LogP contribution in [0.25, 0.3) is 0 Å². The third-order valence-electron chi connectivity index (χ3n) is 2.92. The molecule has 15 heavy (non-hydrogen) atoms. The predicted octanol–water partition coefficient (Wildman–Crippen LogP) is 2.45. The lowest BCUT2D eigenvalue weighted by molar-refractivity contribution is 0.436. The van der Waals surface area contributed by atoms with Gasteiger partial charge in [-0.2, -0.15) is 0 Å². The van der Waals surface area contributed by atoms with Crippen LogP contribution in [0.5, 0.6) is 0 Å². The highest BCUT2D eigenvalue weighted by Gasteiger charge is 2.17. The smallest absolute Gasteiger partial charge is 0.147 e. The van der Waals surface area contributed by atoms with Crippen molar-refractivity contribution in [3.05, 3.63) is 18.1 Å². The number of nitrogens with zero attached hydrogens (tertiary/aromatic N) is 3. The van der Waals surface area contributed by atoms with Crippen molar-refractivity contribution >= 4 is 17.4 Å². The van der Waals surface area contributed by atoms with Crippen molar-refractivity contribution < 1.29 is 0 Å². The molecule has 0 spiro atoms. The summed E-state index contributed by atoms with van der Waals surface area (Å²) in [5.41, 5.74) is 0.854. The summed E-state index contributed by atoms with van der Waals surface area (Å²) in [6.45, 7) is 4.47. The SMILES string of the molecule is CC1CCN(c2cncc(CCl)n2)CC1. The van der Waals surface area contributed by atoms with Gasteiger partial charge in [-0.15, -0.1) is 11.6 Å². The molecule has 1 aliphatic heterocycles. The van der Waals surface area contributed by atoms with Gasteiger partial charge >= 0.3 is 0 Å². The molecule has 0 N–H and O–H groups in total. The summed E-state index contributed by atoms with van der Waals surface area (Å²) in [4.78, 5) is 10.9. The van der Waals surface area contributed by atoms with Crippen molar-refractivity contribution in [3.63, 3.8) is 0 Å². The fourth-order valence-corrected chi connectivity index (χ4v) is 1.98. The average molecular weight is 226 g/mol. The molecule has 1 aromatic rings. The molecule has 1 saturated heterocycles. The summed E-state index contributed by atoms with van der Waals surface area (Å²) >= 11 is 5.74. The van der Waals surface area contributed by atoms with E-state index in [0.717, 1.165) is 30.5 Å². The lowest BCUT2D eigenvalue weighted by Crippen LogP contribution is -2.33. The molecule has 82 valence electrons. The second kappa shape index (κ2) is 4.79. The monoisotopic (exact) mass is 225 g/mol. The van der Waals surface area contributed by atoms with Gasteiger partial charge in [-0.3, -0.25) is 4.98 Å². The Bertz CT molecular complexity index is 321. The standard InChI is InChI=1S/C11H16ClN3/c1-9-2-4-15(5-3-9)11-8-13-7-10(6-12)14-11/h7-9H,2-6H2,1H3. The summed E-state index contributed by atoms with van der Waals surface area (Å²) in [5, 5.41) is 0. The maximum Gasteiger partial charge on any atom is 0.147 e. The molecule has 0 saturated carbocycles. The molecule has 0 atom stereocenters. The number of piperidine rings is 1. The minimum Gasteiger partial charge on any atom is -0.355 e. The highest BCUT2D eigenvalue weighted by Crippen LogP contribution is 2.20. The maximum atomic E-state index is 5.74. The highest BCUT2D eigenvalue weighted by molar-refractivity contribution is 6.16. The molecular weight excluding hydrogens is 210 g/mol. The molecule has 1 fully saturated rings. The first-order valence-electron chi connectivity index (χ1n) is 5.41. The largest absolute Gasteiger partial charge is 0.355 e. The molecular formula is C11H16ClN3. The summed E-state index contributed by atoms with van der Waals surface area (Å²) in [5.74, 6) is 2.25. The van der Waals surface area contributed by atoms with Gasteiger partial charge < -0.3 is 4.90 Å². The molecule has 0 amide bonds. The molecule has 1 aromatic heterocycles. The summed E-state index contributed by atoms with van der Waals surface area (Å²) in [6.07, 6.45) is 6.04. The first kappa shape index (κ1) is 10.7. The van der Waals surface area contributed by atoms with Crippen LogP contribution >= 0.6 is 11.6 Å². The summed E-state index contributed by atoms with van der Waals surface area (Å²) in [7, 11) is 0. The van der Waals surface area contributed by atoms with Crippen LogP contribution in [-0.2, 0) is 5.88 Å². The Labute approximate surface area is 95.5 Å². The zero-order valence-corrected chi connectivity index (χ0v) is 9.74. The van der Waals surface area contributed by atoms with Gasteiger partial charge in [0.15, 0.2) is 0 Å². The minimum absolute atomic E-state index is 0.436. The lowest BCUT2D eigenvalue weighted by atomic mass is 9.99. The molecule has 0 aromatic carbocycles. The minimum atomic E-state index is 0.436. The molecule has 0 bridgehead atoms. The van der Waals surface area contributed by atoms with Gasteiger partial charge in [0.2, 0.25) is 0 Å². The summed E-state index contributed by atoms with van der Waals surface area (Å²) < 4.78 is 0. The Morgan fingerprint density at radius 3 is 2.80 bits per heavy atom. The molecule has 3 nitrogen and oxygen atoms in total. The van der Waals surface area contributed by atoms with Gasteiger partial charge in [-0.05, 0) is 18.8 Å². The van der Waals surface area contributed by atoms with E-state index in [1.165, 1.54) is 12.8 Å². The van der Waals surface area contributed by atoms with E-state index in [9.17, 15) is 0 Å². The Hall–Kier alpha value is -0.830. The molecule has 0 radical (unpaired) electrons. The van der Waals surface area contributed by atoms with E-state index in [2.05, 4.69) is 21.8 Å². The van der Waals surface area contributed by atoms with Crippen molar-refractivity contribution in [2.75, 3.05) is 18.0 Å². The first-order valence-corrected chi connectivity index (χ1v) is 5.95. The van der Waals surface area contributed by atoms with Gasteiger partial charge in [0, 0.05) is 19.3 Å². The number of hydrogen-bond acceptors (Lipinski definition) is 3. The Morgan fingerprint density at radius 2 is 2.13 bits per heavy atom. The van der Waals surface area contributed by atoms with Crippen molar-refractivity contribution in [2.45, 2.75) is 25.6 Å². The van der Waals surface area contributed by atoms with Gasteiger partial charge in [-0.1, -0.05) is 6.92 Å². The van der Waals surface area contributed by atoms with E-state index in [0.29, 0.717) is 5.88 Å². The van der Waals surface area contributed by atoms with Crippen LogP contribution in [0.4, 0.5) is 5.82 Å². The Kier molecular flexibility index (Phi) is 3.41. The Morgan fingerprint density at radius 1 is 1.40 bits per heavy atom. The van der Waals surface area contributed by atoms with E-state index in [4.69, 9.17) is 11.6 Å². The number of rotatable bonds is 2. The van der Waals surface area contributed by atoms with Crippen molar-refractivity contribution in [1.82, 2.24) is 9.97 Å². The van der Waals surface area contributed by atoms with Gasteiger partial charge in [0.1, 0.15) is 5.82 Å². The first-order chi connectivity index (χ1) is 7.29. The second-order valence-corrected chi connectivity index (χ2v) is 4.44. The number of aromatic nitrogens is 2. The lowest BCUT2D eigenvalue weighted by Gasteiger charge is -2.31. The van der Waals surface area contributed by atoms with Crippen LogP contribution in [0, 0.1) is 5.92 Å². The van der Waals surface area contributed by atoms with E-state index in [1.54, 1.807) is 6.20 Å². The fraction of sp³-hybridized carbons (Fsp3) is 0.636. The molecule has 2 heterocycles. The van der Waals surface area contributed by atoms with Crippen LogP contribution in [-0.4, -0.2) is 23.1 Å². The average Bonchev–Trinajstić information content (AvgIpc) is 2.30. The molecule has 2 rings (SSSR count). The van der Waals surface area contributed by atoms with E-state index in [1.807, 2.05) is 6.20 Å². The third kappa shape index (κ3) is 2.59. The maximum absolute atomic E-state index is 5.74. The second-order valence-electron chi connectivity index (χ2n) is 4.17. The van der Waals surface area contributed by atoms with Crippen molar-refractivity contribution in [1.29, 1.82) is 0 Å². The number of anilines is 1. The Balaban J connectivity index is 2.08. The van der Waals surface area contributed by atoms with E-state index in [-0.39, 0.29) is 0 Å². The van der Waals surface area contributed by atoms with Crippen LogP contribution in [0.1, 0.15) is 25.5 Å². The third-order valence-corrected chi connectivity index (χ3v) is 3.19. The van der Waals surface area contributed by atoms with Gasteiger partial charge in [-0.25, -0.2) is 4.98 Å². The zero-order valence-electron chi connectivity index (χ0n) is 8.99. The van der Waals surface area contributed by atoms with Crippen LogP contribution in [0.2, 0.25) is 0 Å². The topological polar surface area (TPSA) is 29.0 Å². The normalized spacial score (nSPS) is 18.1. The van der Waals surface area contributed by atoms with Crippen LogP contribution < -0.4 is 4.90 Å². The zero-order chi connectivity index (χ0) is 10.7. The predicted molar refractivity (Wildman–Crippen MR) is 62.2 cm³/mol. The molecule has 4 heteroatoms. The number of hydrogen-bond donors (Lipinski definition) is 0. The van der Waals surface area contributed by atoms with E-state index < -0.39 is 0 Å². The molecule has 0 aliphatic carbocycles. The van der Waals surface area contributed by atoms with Gasteiger partial charge in [0.05, 0.1) is 17.8 Å². The highest BCUT2D eigenvalue weighted by atomic mass is 35.5. The summed E-state index contributed by atoms with van der Waals surface area (Å²) in [6, 6.07) is 0. The van der Waals surface area contributed by atoms with Gasteiger partial charge in [0.25, 0.3) is 0 Å². The van der Waals surface area contributed by atoms with Crippen LogP contribution in [0.15, 0.2) is 12.4 Å². The molecule has 0 unspecified atom stereocenters. The fourth-order valence-electron chi connectivity index (χ4n) is 1.85. The van der Waals surface area contributed by atoms with Crippen molar-refractivity contribution in [3.8, 4) is 0 Å². The van der Waals surface area contributed by atoms with Crippen molar-refractivity contribution in [2.24, 2.45) is 5.92 Å². The quantitative estimate of drug-likeness (QED) is 0.724. The molecule has 1 aliphatic rings.